The Morgan fingerprint density at radius 3 is 2.85 bits per heavy atom. The van der Waals surface area contributed by atoms with Crippen molar-refractivity contribution in [3.05, 3.63) is 35.4 Å². The van der Waals surface area contributed by atoms with E-state index >= 15 is 0 Å². The Bertz CT molecular complexity index is 540. The van der Waals surface area contributed by atoms with Crippen LogP contribution in [0.4, 0.5) is 0 Å². The number of carbonyl (C=O) groups excluding carboxylic acids is 1. The zero-order valence-electron chi connectivity index (χ0n) is 12.2. The van der Waals surface area contributed by atoms with Crippen LogP contribution in [0.25, 0.3) is 0 Å². The Kier molecular flexibility index (Phi) is 3.10. The van der Waals surface area contributed by atoms with E-state index in [1.807, 2.05) is 13.8 Å². The Labute approximate surface area is 119 Å². The van der Waals surface area contributed by atoms with Gasteiger partial charge in [-0.15, -0.1) is 0 Å². The van der Waals surface area contributed by atoms with Crippen LogP contribution in [-0.2, 0) is 26.2 Å². The summed E-state index contributed by atoms with van der Waals surface area (Å²) in [5, 5.41) is 3.68. The zero-order chi connectivity index (χ0) is 14.4. The summed E-state index contributed by atoms with van der Waals surface area (Å²) in [4.78, 5) is 11.2. The number of esters is 1. The first-order chi connectivity index (χ1) is 9.43. The van der Waals surface area contributed by atoms with Gasteiger partial charge in [0.05, 0.1) is 17.7 Å². The minimum atomic E-state index is -0.543. The largest absolute Gasteiger partial charge is 0.434 e. The summed E-state index contributed by atoms with van der Waals surface area (Å²) in [5.41, 5.74) is 2.12. The second-order valence-corrected chi connectivity index (χ2v) is 6.34. The number of carbonyl (C=O) groups is 1. The Balaban J connectivity index is 1.88. The van der Waals surface area contributed by atoms with E-state index < -0.39 is 11.8 Å². The predicted molar refractivity (Wildman–Crippen MR) is 75.2 cm³/mol. The first-order valence-electron chi connectivity index (χ1n) is 7.10. The van der Waals surface area contributed by atoms with Gasteiger partial charge in [0, 0.05) is 6.92 Å². The van der Waals surface area contributed by atoms with Crippen LogP contribution in [0.15, 0.2) is 24.3 Å². The van der Waals surface area contributed by atoms with Crippen molar-refractivity contribution >= 4 is 5.97 Å². The van der Waals surface area contributed by atoms with Gasteiger partial charge >= 0.3 is 5.97 Å². The van der Waals surface area contributed by atoms with Crippen molar-refractivity contribution in [2.45, 2.75) is 51.0 Å². The molecule has 1 aliphatic carbocycles. The highest BCUT2D eigenvalue weighted by atomic mass is 16.7. The molecule has 0 radical (unpaired) electrons. The molecule has 1 aromatic rings. The molecule has 2 atom stereocenters. The topological polar surface area (TPSA) is 47.6 Å². The molecule has 0 amide bonds. The molecule has 4 nitrogen and oxygen atoms in total. The summed E-state index contributed by atoms with van der Waals surface area (Å²) in [7, 11) is 0. The SMILES string of the molecule is CC(=O)OC1OC[C@@]2(CCc3ccccc32)NC1(C)C. The third-order valence-corrected chi connectivity index (χ3v) is 4.26. The van der Waals surface area contributed by atoms with Crippen LogP contribution in [-0.4, -0.2) is 24.4 Å². The maximum absolute atomic E-state index is 11.2. The fourth-order valence-corrected chi connectivity index (χ4v) is 3.44. The van der Waals surface area contributed by atoms with Gasteiger partial charge in [0.2, 0.25) is 6.29 Å². The molecule has 4 heteroatoms. The van der Waals surface area contributed by atoms with E-state index in [0.717, 1.165) is 12.8 Å². The van der Waals surface area contributed by atoms with E-state index in [-0.39, 0.29) is 11.5 Å². The summed E-state index contributed by atoms with van der Waals surface area (Å²) in [6.07, 6.45) is 1.53. The van der Waals surface area contributed by atoms with E-state index in [1.54, 1.807) is 0 Å². The molecule has 20 heavy (non-hydrogen) atoms. The predicted octanol–water partition coefficient (Wildman–Crippen LogP) is 2.12. The van der Waals surface area contributed by atoms with Gasteiger partial charge in [-0.2, -0.15) is 0 Å². The van der Waals surface area contributed by atoms with Crippen molar-refractivity contribution < 1.29 is 14.3 Å². The molecule has 0 bridgehead atoms. The lowest BCUT2D eigenvalue weighted by atomic mass is 9.86. The third kappa shape index (κ3) is 2.13. The van der Waals surface area contributed by atoms with Gasteiger partial charge in [0.25, 0.3) is 0 Å². The lowest BCUT2D eigenvalue weighted by molar-refractivity contribution is -0.223. The summed E-state index contributed by atoms with van der Waals surface area (Å²) in [5.74, 6) is -0.312. The van der Waals surface area contributed by atoms with Gasteiger partial charge in [0.15, 0.2) is 0 Å². The highest BCUT2D eigenvalue weighted by Gasteiger charge is 2.50. The molecular weight excluding hydrogens is 254 g/mol. The van der Waals surface area contributed by atoms with Crippen LogP contribution in [0.2, 0.25) is 0 Å². The van der Waals surface area contributed by atoms with E-state index in [0.29, 0.717) is 6.61 Å². The molecule has 1 saturated heterocycles. The number of benzene rings is 1. The van der Waals surface area contributed by atoms with Gasteiger partial charge < -0.3 is 9.47 Å². The highest BCUT2D eigenvalue weighted by molar-refractivity contribution is 5.66. The number of fused-ring (bicyclic) bond motifs is 2. The van der Waals surface area contributed by atoms with Gasteiger partial charge in [-0.05, 0) is 37.8 Å². The summed E-state index contributed by atoms with van der Waals surface area (Å²) in [6.45, 7) is 5.98. The smallest absolute Gasteiger partial charge is 0.305 e. The molecule has 0 saturated carbocycles. The lowest BCUT2D eigenvalue weighted by Crippen LogP contribution is -2.66. The van der Waals surface area contributed by atoms with Gasteiger partial charge in [-0.3, -0.25) is 10.1 Å². The normalized spacial score (nSPS) is 31.1. The van der Waals surface area contributed by atoms with Crippen LogP contribution in [0, 0.1) is 0 Å². The number of aryl methyl sites for hydroxylation is 1. The number of rotatable bonds is 1. The summed E-state index contributed by atoms with van der Waals surface area (Å²) < 4.78 is 11.2. The molecule has 1 aromatic carbocycles. The van der Waals surface area contributed by atoms with E-state index in [2.05, 4.69) is 29.6 Å². The standard InChI is InChI=1S/C16H21NO3/c1-11(18)20-14-15(2,3)17-16(10-19-14)9-8-12-6-4-5-7-13(12)16/h4-7,14,17H,8-10H2,1-3H3/t14?,16-/m1/s1. The van der Waals surface area contributed by atoms with E-state index in [4.69, 9.17) is 9.47 Å². The molecule has 1 aliphatic heterocycles. The Hall–Kier alpha value is -1.39. The molecule has 0 aromatic heterocycles. The van der Waals surface area contributed by atoms with E-state index in [9.17, 15) is 4.79 Å². The molecule has 1 unspecified atom stereocenters. The second-order valence-electron chi connectivity index (χ2n) is 6.34. The van der Waals surface area contributed by atoms with Crippen molar-refractivity contribution in [1.29, 1.82) is 0 Å². The Morgan fingerprint density at radius 1 is 1.40 bits per heavy atom. The Morgan fingerprint density at radius 2 is 2.15 bits per heavy atom. The van der Waals surface area contributed by atoms with Crippen LogP contribution in [0.3, 0.4) is 0 Å². The summed E-state index contributed by atoms with van der Waals surface area (Å²) >= 11 is 0. The first kappa shape index (κ1) is 13.6. The van der Waals surface area contributed by atoms with Gasteiger partial charge in [-0.1, -0.05) is 24.3 Å². The lowest BCUT2D eigenvalue weighted by Gasteiger charge is -2.48. The number of nitrogens with one attached hydrogen (secondary N) is 1. The molecule has 1 heterocycles. The molecule has 108 valence electrons. The van der Waals surface area contributed by atoms with Gasteiger partial charge in [0.1, 0.15) is 0 Å². The zero-order valence-corrected chi connectivity index (χ0v) is 12.2. The van der Waals surface area contributed by atoms with Crippen LogP contribution < -0.4 is 5.32 Å². The second kappa shape index (κ2) is 4.57. The monoisotopic (exact) mass is 275 g/mol. The van der Waals surface area contributed by atoms with Gasteiger partial charge in [-0.25, -0.2) is 0 Å². The molecule has 1 spiro atoms. The van der Waals surface area contributed by atoms with Crippen LogP contribution in [0.1, 0.15) is 38.3 Å². The number of hydrogen-bond acceptors (Lipinski definition) is 4. The van der Waals surface area contributed by atoms with Crippen molar-refractivity contribution in [1.82, 2.24) is 5.32 Å². The molecule has 1 N–H and O–H groups in total. The number of hydrogen-bond donors (Lipinski definition) is 1. The molecular formula is C16H21NO3. The maximum atomic E-state index is 11.2. The summed E-state index contributed by atoms with van der Waals surface area (Å²) in [6, 6.07) is 8.49. The average Bonchev–Trinajstić information content (AvgIpc) is 2.72. The number of ether oxygens (including phenoxy) is 2. The van der Waals surface area contributed by atoms with Crippen molar-refractivity contribution in [3.63, 3.8) is 0 Å². The quantitative estimate of drug-likeness (QED) is 0.798. The molecule has 1 fully saturated rings. The average molecular weight is 275 g/mol. The minimum absolute atomic E-state index is 0.156. The number of morpholine rings is 1. The molecule has 3 rings (SSSR count). The third-order valence-electron chi connectivity index (χ3n) is 4.26. The fraction of sp³-hybridized carbons (Fsp3) is 0.562. The van der Waals surface area contributed by atoms with Crippen molar-refractivity contribution in [3.8, 4) is 0 Å². The van der Waals surface area contributed by atoms with Crippen molar-refractivity contribution in [2.24, 2.45) is 0 Å². The maximum Gasteiger partial charge on any atom is 0.305 e. The fourth-order valence-electron chi connectivity index (χ4n) is 3.44. The van der Waals surface area contributed by atoms with Crippen LogP contribution >= 0.6 is 0 Å². The van der Waals surface area contributed by atoms with Crippen molar-refractivity contribution in [2.75, 3.05) is 6.61 Å². The first-order valence-corrected chi connectivity index (χ1v) is 7.10. The van der Waals surface area contributed by atoms with Crippen LogP contribution in [0.5, 0.6) is 0 Å². The highest BCUT2D eigenvalue weighted by Crippen LogP contribution is 2.42. The van der Waals surface area contributed by atoms with E-state index in [1.165, 1.54) is 18.1 Å². The molecule has 2 aliphatic rings. The minimum Gasteiger partial charge on any atom is -0.434 e.